The summed E-state index contributed by atoms with van der Waals surface area (Å²) in [5.74, 6) is 1.33. The summed E-state index contributed by atoms with van der Waals surface area (Å²) in [6, 6.07) is -1.36. The highest BCUT2D eigenvalue weighted by Crippen LogP contribution is 2.01. The SMILES string of the molecule is C#CCN(CCC)C(=O)NC(CCCOC)C(=O)O. The van der Waals surface area contributed by atoms with Crippen molar-refractivity contribution in [3.63, 3.8) is 0 Å². The summed E-state index contributed by atoms with van der Waals surface area (Å²) in [5.41, 5.74) is 0. The van der Waals surface area contributed by atoms with Crippen LogP contribution in [0.3, 0.4) is 0 Å². The van der Waals surface area contributed by atoms with Crippen molar-refractivity contribution in [1.82, 2.24) is 10.2 Å². The van der Waals surface area contributed by atoms with Crippen LogP contribution in [0.5, 0.6) is 0 Å². The molecule has 0 fully saturated rings. The maximum atomic E-state index is 11.9. The molecule has 0 aliphatic carbocycles. The molecule has 0 aromatic carbocycles. The highest BCUT2D eigenvalue weighted by atomic mass is 16.5. The van der Waals surface area contributed by atoms with E-state index in [1.807, 2.05) is 6.92 Å². The van der Waals surface area contributed by atoms with Crippen molar-refractivity contribution >= 4 is 12.0 Å². The number of rotatable bonds is 9. The molecule has 0 aliphatic heterocycles. The second kappa shape index (κ2) is 10.2. The van der Waals surface area contributed by atoms with E-state index in [9.17, 15) is 9.59 Å². The van der Waals surface area contributed by atoms with Gasteiger partial charge in [0.05, 0.1) is 6.54 Å². The summed E-state index contributed by atoms with van der Waals surface area (Å²) in [4.78, 5) is 24.4. The predicted octanol–water partition coefficient (Wildman–Crippen LogP) is 0.921. The average Bonchev–Trinajstić information content (AvgIpc) is 2.37. The van der Waals surface area contributed by atoms with Gasteiger partial charge in [0, 0.05) is 20.3 Å². The highest BCUT2D eigenvalue weighted by molar-refractivity contribution is 5.82. The van der Waals surface area contributed by atoms with Gasteiger partial charge in [-0.05, 0) is 19.3 Å². The van der Waals surface area contributed by atoms with Gasteiger partial charge in [0.2, 0.25) is 0 Å². The summed E-state index contributed by atoms with van der Waals surface area (Å²) in [6.07, 6.45) is 6.83. The number of carbonyl (C=O) groups excluding carboxylic acids is 1. The monoisotopic (exact) mass is 270 g/mol. The summed E-state index contributed by atoms with van der Waals surface area (Å²) in [7, 11) is 1.55. The van der Waals surface area contributed by atoms with E-state index >= 15 is 0 Å². The Bertz CT molecular complexity index is 325. The maximum absolute atomic E-state index is 11.9. The first kappa shape index (κ1) is 17.3. The molecule has 2 N–H and O–H groups in total. The molecule has 0 heterocycles. The molecule has 0 aromatic rings. The van der Waals surface area contributed by atoms with Gasteiger partial charge in [0.25, 0.3) is 0 Å². The number of carbonyl (C=O) groups is 2. The number of amides is 2. The molecule has 2 amide bonds. The van der Waals surface area contributed by atoms with Crippen LogP contribution >= 0.6 is 0 Å². The second-order valence-electron chi connectivity index (χ2n) is 4.10. The van der Waals surface area contributed by atoms with Crippen molar-refractivity contribution < 1.29 is 19.4 Å². The number of terminal acetylenes is 1. The minimum Gasteiger partial charge on any atom is -0.480 e. The Morgan fingerprint density at radius 1 is 1.53 bits per heavy atom. The summed E-state index contributed by atoms with van der Waals surface area (Å²) in [5, 5.41) is 11.5. The Morgan fingerprint density at radius 2 is 2.21 bits per heavy atom. The van der Waals surface area contributed by atoms with Crippen LogP contribution in [-0.4, -0.2) is 54.9 Å². The van der Waals surface area contributed by atoms with Crippen LogP contribution in [0.25, 0.3) is 0 Å². The van der Waals surface area contributed by atoms with E-state index in [4.69, 9.17) is 16.3 Å². The minimum atomic E-state index is -1.05. The molecule has 0 aliphatic rings. The van der Waals surface area contributed by atoms with E-state index in [1.54, 1.807) is 7.11 Å². The number of nitrogens with zero attached hydrogens (tertiary/aromatic N) is 1. The number of ether oxygens (including phenoxy) is 1. The van der Waals surface area contributed by atoms with Crippen LogP contribution in [0.1, 0.15) is 26.2 Å². The smallest absolute Gasteiger partial charge is 0.326 e. The predicted molar refractivity (Wildman–Crippen MR) is 71.8 cm³/mol. The largest absolute Gasteiger partial charge is 0.480 e. The lowest BCUT2D eigenvalue weighted by Crippen LogP contribution is -2.48. The molecule has 0 radical (unpaired) electrons. The number of nitrogens with one attached hydrogen (secondary N) is 1. The first-order valence-corrected chi connectivity index (χ1v) is 6.27. The minimum absolute atomic E-state index is 0.171. The first-order valence-electron chi connectivity index (χ1n) is 6.27. The summed E-state index contributed by atoms with van der Waals surface area (Å²) >= 11 is 0. The summed E-state index contributed by atoms with van der Waals surface area (Å²) < 4.78 is 4.86. The van der Waals surface area contributed by atoms with Gasteiger partial charge in [-0.1, -0.05) is 12.8 Å². The molecule has 0 saturated carbocycles. The fraction of sp³-hybridized carbons (Fsp3) is 0.692. The number of aliphatic carboxylic acids is 1. The van der Waals surface area contributed by atoms with Crippen LogP contribution in [0.15, 0.2) is 0 Å². The molecular formula is C13H22N2O4. The average molecular weight is 270 g/mol. The maximum Gasteiger partial charge on any atom is 0.326 e. The molecule has 19 heavy (non-hydrogen) atoms. The molecule has 6 heteroatoms. The van der Waals surface area contributed by atoms with E-state index in [2.05, 4.69) is 11.2 Å². The van der Waals surface area contributed by atoms with Gasteiger partial charge in [0.15, 0.2) is 0 Å². The van der Waals surface area contributed by atoms with Crippen LogP contribution in [-0.2, 0) is 9.53 Å². The van der Waals surface area contributed by atoms with E-state index < -0.39 is 18.0 Å². The van der Waals surface area contributed by atoms with Crippen LogP contribution < -0.4 is 5.32 Å². The van der Waals surface area contributed by atoms with Gasteiger partial charge >= 0.3 is 12.0 Å². The number of carboxylic acids is 1. The van der Waals surface area contributed by atoms with E-state index in [0.717, 1.165) is 6.42 Å². The third-order valence-electron chi connectivity index (χ3n) is 2.50. The van der Waals surface area contributed by atoms with Gasteiger partial charge in [0.1, 0.15) is 6.04 Å². The van der Waals surface area contributed by atoms with Gasteiger partial charge in [-0.15, -0.1) is 6.42 Å². The molecule has 0 bridgehead atoms. The third-order valence-corrected chi connectivity index (χ3v) is 2.50. The van der Waals surface area contributed by atoms with E-state index in [-0.39, 0.29) is 6.54 Å². The Balaban J connectivity index is 4.42. The highest BCUT2D eigenvalue weighted by Gasteiger charge is 2.22. The van der Waals surface area contributed by atoms with Crippen molar-refractivity contribution in [3.05, 3.63) is 0 Å². The molecule has 6 nitrogen and oxygen atoms in total. The van der Waals surface area contributed by atoms with Gasteiger partial charge in [-0.2, -0.15) is 0 Å². The van der Waals surface area contributed by atoms with Crippen LogP contribution in [0.4, 0.5) is 4.79 Å². The molecule has 0 saturated heterocycles. The van der Waals surface area contributed by atoms with Gasteiger partial charge in [-0.25, -0.2) is 9.59 Å². The summed E-state index contributed by atoms with van der Waals surface area (Å²) in [6.45, 7) is 3.05. The zero-order valence-electron chi connectivity index (χ0n) is 11.5. The number of hydrogen-bond acceptors (Lipinski definition) is 3. The Labute approximate surface area is 114 Å². The number of urea groups is 1. The molecule has 0 aromatic heterocycles. The van der Waals surface area contributed by atoms with Crippen LogP contribution in [0.2, 0.25) is 0 Å². The standard InChI is InChI=1S/C13H22N2O4/c1-4-8-15(9-5-2)13(18)14-11(12(16)17)7-6-10-19-3/h1,11H,5-10H2,2-3H3,(H,14,18)(H,16,17). The Morgan fingerprint density at radius 3 is 2.68 bits per heavy atom. The lowest BCUT2D eigenvalue weighted by Gasteiger charge is -2.23. The van der Waals surface area contributed by atoms with Crippen molar-refractivity contribution in [3.8, 4) is 12.3 Å². The topological polar surface area (TPSA) is 78.9 Å². The molecule has 1 unspecified atom stereocenters. The van der Waals surface area contributed by atoms with Gasteiger partial charge < -0.3 is 20.1 Å². The van der Waals surface area contributed by atoms with Crippen molar-refractivity contribution in [2.45, 2.75) is 32.2 Å². The fourth-order valence-electron chi connectivity index (χ4n) is 1.56. The van der Waals surface area contributed by atoms with Crippen molar-refractivity contribution in [1.29, 1.82) is 0 Å². The lowest BCUT2D eigenvalue weighted by atomic mass is 10.1. The number of methoxy groups -OCH3 is 1. The molecule has 1 atom stereocenters. The number of carboxylic acid groups (broad SMARTS) is 1. The first-order chi connectivity index (χ1) is 9.06. The molecule has 0 spiro atoms. The number of hydrogen-bond donors (Lipinski definition) is 2. The fourth-order valence-corrected chi connectivity index (χ4v) is 1.56. The van der Waals surface area contributed by atoms with Crippen molar-refractivity contribution in [2.24, 2.45) is 0 Å². The normalized spacial score (nSPS) is 11.4. The lowest BCUT2D eigenvalue weighted by molar-refractivity contribution is -0.139. The van der Waals surface area contributed by atoms with Gasteiger partial charge in [-0.3, -0.25) is 0 Å². The Hall–Kier alpha value is -1.74. The van der Waals surface area contributed by atoms with Crippen molar-refractivity contribution in [2.75, 3.05) is 26.8 Å². The Kier molecular flexibility index (Phi) is 9.27. The molecule has 108 valence electrons. The zero-order valence-corrected chi connectivity index (χ0v) is 11.5. The molecular weight excluding hydrogens is 248 g/mol. The molecule has 0 rings (SSSR count). The van der Waals surface area contributed by atoms with E-state index in [0.29, 0.717) is 26.0 Å². The third kappa shape index (κ3) is 7.32. The van der Waals surface area contributed by atoms with Crippen LogP contribution in [0, 0.1) is 12.3 Å². The zero-order chi connectivity index (χ0) is 14.7. The van der Waals surface area contributed by atoms with E-state index in [1.165, 1.54) is 4.90 Å². The second-order valence-corrected chi connectivity index (χ2v) is 4.10. The quantitative estimate of drug-likeness (QED) is 0.482.